The number of para-hydroxylation sites is 1. The van der Waals surface area contributed by atoms with Gasteiger partial charge in [0.05, 0.1) is 7.11 Å². The number of ether oxygens (including phenoxy) is 1. The fourth-order valence-corrected chi connectivity index (χ4v) is 2.75. The number of benzene rings is 1. The number of esters is 1. The highest BCUT2D eigenvalue weighted by Gasteiger charge is 2.23. The van der Waals surface area contributed by atoms with Gasteiger partial charge in [-0.2, -0.15) is 0 Å². The maximum Gasteiger partial charge on any atom is 0.328 e. The Morgan fingerprint density at radius 1 is 1.25 bits per heavy atom. The van der Waals surface area contributed by atoms with E-state index in [-0.39, 0.29) is 5.91 Å². The molecule has 5 nitrogen and oxygen atoms in total. The first-order valence-corrected chi connectivity index (χ1v) is 7.99. The smallest absolute Gasteiger partial charge is 0.328 e. The second-order valence-corrected chi connectivity index (χ2v) is 6.09. The molecule has 0 fully saturated rings. The number of aromatic nitrogens is 1. The van der Waals surface area contributed by atoms with Gasteiger partial charge in [-0.3, -0.25) is 4.79 Å². The summed E-state index contributed by atoms with van der Waals surface area (Å²) in [5, 5.41) is 3.75. The molecule has 128 valence electrons. The second-order valence-electron chi connectivity index (χ2n) is 6.09. The van der Waals surface area contributed by atoms with Crippen molar-refractivity contribution in [1.29, 1.82) is 0 Å². The van der Waals surface area contributed by atoms with Gasteiger partial charge in [0.15, 0.2) is 0 Å². The van der Waals surface area contributed by atoms with Crippen molar-refractivity contribution in [2.24, 2.45) is 0 Å². The predicted molar refractivity (Wildman–Crippen MR) is 94.8 cm³/mol. The summed E-state index contributed by atoms with van der Waals surface area (Å²) in [4.78, 5) is 26.9. The van der Waals surface area contributed by atoms with Crippen molar-refractivity contribution >= 4 is 22.8 Å². The fraction of sp³-hybridized carbons (Fsp3) is 0.368. The minimum Gasteiger partial charge on any atom is -0.467 e. The number of fused-ring (bicyclic) bond motifs is 1. The lowest BCUT2D eigenvalue weighted by Crippen LogP contribution is -2.42. The summed E-state index contributed by atoms with van der Waals surface area (Å²) in [5.74, 6) is -0.695. The quantitative estimate of drug-likeness (QED) is 0.633. The van der Waals surface area contributed by atoms with Crippen molar-refractivity contribution in [1.82, 2.24) is 10.3 Å². The van der Waals surface area contributed by atoms with Crippen LogP contribution in [0.3, 0.4) is 0 Å². The molecule has 1 unspecified atom stereocenters. The Morgan fingerprint density at radius 3 is 2.58 bits per heavy atom. The van der Waals surface area contributed by atoms with E-state index < -0.39 is 12.0 Å². The van der Waals surface area contributed by atoms with Gasteiger partial charge in [-0.1, -0.05) is 29.8 Å². The van der Waals surface area contributed by atoms with E-state index in [2.05, 4.69) is 30.2 Å². The molecule has 5 heteroatoms. The van der Waals surface area contributed by atoms with E-state index in [1.165, 1.54) is 19.6 Å². The third-order valence-corrected chi connectivity index (χ3v) is 3.89. The summed E-state index contributed by atoms with van der Waals surface area (Å²) in [5.41, 5.74) is 4.34. The monoisotopic (exact) mass is 328 g/mol. The first-order valence-electron chi connectivity index (χ1n) is 7.99. The number of hydrogen-bond donors (Lipinski definition) is 2. The molecule has 0 aliphatic rings. The number of rotatable bonds is 6. The molecule has 0 bridgehead atoms. The van der Waals surface area contributed by atoms with Crippen LogP contribution in [0.4, 0.5) is 0 Å². The molecule has 2 aromatic rings. The second kappa shape index (κ2) is 7.81. The number of amides is 1. The molecule has 0 aliphatic carbocycles. The number of nitrogens with one attached hydrogen (secondary N) is 2. The number of H-pyrrole nitrogens is 1. The molecule has 2 N–H and O–H groups in total. The van der Waals surface area contributed by atoms with Crippen molar-refractivity contribution in [3.05, 3.63) is 47.2 Å². The first kappa shape index (κ1) is 17.8. The van der Waals surface area contributed by atoms with Crippen molar-refractivity contribution < 1.29 is 14.3 Å². The van der Waals surface area contributed by atoms with Gasteiger partial charge in [-0.15, -0.1) is 0 Å². The van der Waals surface area contributed by atoms with Crippen LogP contribution in [0, 0.1) is 0 Å². The van der Waals surface area contributed by atoms with Gasteiger partial charge < -0.3 is 15.0 Å². The molecule has 1 atom stereocenters. The van der Waals surface area contributed by atoms with Gasteiger partial charge >= 0.3 is 5.97 Å². The van der Waals surface area contributed by atoms with Gasteiger partial charge in [0.2, 0.25) is 5.91 Å². The van der Waals surface area contributed by atoms with Crippen LogP contribution in [0.15, 0.2) is 35.9 Å². The first-order chi connectivity index (χ1) is 11.4. The molecule has 0 spiro atoms. The van der Waals surface area contributed by atoms with E-state index in [0.717, 1.165) is 28.6 Å². The number of carbonyl (C=O) groups excluding carboxylic acids is 2. The van der Waals surface area contributed by atoms with Crippen molar-refractivity contribution in [2.45, 2.75) is 39.7 Å². The minimum atomic E-state index is -0.697. The van der Waals surface area contributed by atoms with E-state index in [1.54, 1.807) is 0 Å². The van der Waals surface area contributed by atoms with Gasteiger partial charge in [0, 0.05) is 36.4 Å². The lowest BCUT2D eigenvalue weighted by atomic mass is 10.0. The van der Waals surface area contributed by atoms with Gasteiger partial charge in [0.25, 0.3) is 0 Å². The Hall–Kier alpha value is -2.56. The number of carbonyl (C=O) groups is 2. The average Bonchev–Trinajstić information content (AvgIpc) is 2.89. The summed E-state index contributed by atoms with van der Waals surface area (Å²) in [6, 6.07) is 7.28. The number of allylic oxidation sites excluding steroid dienone is 2. The number of methoxy groups -OCH3 is 1. The highest BCUT2D eigenvalue weighted by Crippen LogP contribution is 2.25. The molecule has 2 rings (SSSR count). The summed E-state index contributed by atoms with van der Waals surface area (Å²) in [6.07, 6.45) is 3.28. The van der Waals surface area contributed by atoms with Crippen LogP contribution < -0.4 is 5.32 Å². The molecule has 24 heavy (non-hydrogen) atoms. The number of aromatic amines is 1. The zero-order valence-electron chi connectivity index (χ0n) is 14.6. The van der Waals surface area contributed by atoms with E-state index in [4.69, 9.17) is 4.74 Å². The van der Waals surface area contributed by atoms with Crippen LogP contribution in [0.1, 0.15) is 32.0 Å². The van der Waals surface area contributed by atoms with Gasteiger partial charge in [0.1, 0.15) is 6.04 Å². The van der Waals surface area contributed by atoms with Crippen LogP contribution in [0.2, 0.25) is 0 Å². The van der Waals surface area contributed by atoms with Crippen molar-refractivity contribution in [2.75, 3.05) is 7.11 Å². The Labute approximate surface area is 142 Å². The maximum atomic E-state index is 12.0. The molecule has 0 saturated heterocycles. The molecule has 1 aromatic carbocycles. The average molecular weight is 328 g/mol. The summed E-state index contributed by atoms with van der Waals surface area (Å²) in [6.45, 7) is 5.50. The van der Waals surface area contributed by atoms with Crippen LogP contribution in [0.5, 0.6) is 0 Å². The lowest BCUT2D eigenvalue weighted by molar-refractivity contribution is -0.144. The Balaban J connectivity index is 2.43. The largest absolute Gasteiger partial charge is 0.467 e. The van der Waals surface area contributed by atoms with Crippen molar-refractivity contribution in [3.8, 4) is 0 Å². The summed E-state index contributed by atoms with van der Waals surface area (Å²) < 4.78 is 4.84. The van der Waals surface area contributed by atoms with E-state index in [9.17, 15) is 9.59 Å². The highest BCUT2D eigenvalue weighted by atomic mass is 16.5. The van der Waals surface area contributed by atoms with Crippen LogP contribution in [-0.4, -0.2) is 30.0 Å². The minimum absolute atomic E-state index is 0.254. The third kappa shape index (κ3) is 4.25. The molecule has 0 radical (unpaired) electrons. The van der Waals surface area contributed by atoms with Crippen molar-refractivity contribution in [3.63, 3.8) is 0 Å². The zero-order valence-corrected chi connectivity index (χ0v) is 14.6. The molecule has 1 aromatic heterocycles. The fourth-order valence-electron chi connectivity index (χ4n) is 2.75. The molecular weight excluding hydrogens is 304 g/mol. The third-order valence-electron chi connectivity index (χ3n) is 3.89. The van der Waals surface area contributed by atoms with Crippen LogP contribution >= 0.6 is 0 Å². The SMILES string of the molecule is COC(=O)C(Cc1c(CC=C(C)C)[nH]c2ccccc12)NC(C)=O. The molecule has 0 aliphatic heterocycles. The van der Waals surface area contributed by atoms with Crippen LogP contribution in [0.25, 0.3) is 10.9 Å². The summed E-state index contributed by atoms with van der Waals surface area (Å²) in [7, 11) is 1.33. The predicted octanol–water partition coefficient (Wildman–Crippen LogP) is 2.90. The Morgan fingerprint density at radius 2 is 1.96 bits per heavy atom. The normalized spacial score (nSPS) is 11.8. The van der Waals surface area contributed by atoms with Gasteiger partial charge in [-0.25, -0.2) is 4.79 Å². The maximum absolute atomic E-state index is 12.0. The number of hydrogen-bond acceptors (Lipinski definition) is 3. The molecular formula is C19H24N2O3. The van der Waals surface area contributed by atoms with E-state index >= 15 is 0 Å². The highest BCUT2D eigenvalue weighted by molar-refractivity contribution is 5.87. The Kier molecular flexibility index (Phi) is 5.79. The van der Waals surface area contributed by atoms with Gasteiger partial charge in [-0.05, 0) is 25.5 Å². The van der Waals surface area contributed by atoms with E-state index in [1.807, 2.05) is 24.3 Å². The summed E-state index contributed by atoms with van der Waals surface area (Å²) >= 11 is 0. The topological polar surface area (TPSA) is 71.2 Å². The molecule has 1 heterocycles. The van der Waals surface area contributed by atoms with E-state index in [0.29, 0.717) is 6.42 Å². The Bertz CT molecular complexity index is 770. The molecule has 0 saturated carbocycles. The molecule has 1 amide bonds. The zero-order chi connectivity index (χ0) is 17.7. The lowest BCUT2D eigenvalue weighted by Gasteiger charge is -2.16. The standard InChI is InChI=1S/C19H24N2O3/c1-12(2)9-10-17-15(14-7-5-6-8-16(14)21-17)11-18(19(23)24-4)20-13(3)22/h5-9,18,21H,10-11H2,1-4H3,(H,20,22). The van der Waals surface area contributed by atoms with Crippen LogP contribution in [-0.2, 0) is 27.2 Å².